The molecule has 0 aromatic heterocycles. The van der Waals surface area contributed by atoms with Gasteiger partial charge in [-0.3, -0.25) is 0 Å². The van der Waals surface area contributed by atoms with Gasteiger partial charge in [0.05, 0.1) is 10.7 Å². The highest BCUT2D eigenvalue weighted by Crippen LogP contribution is 2.18. The number of sulfonamides is 1. The van der Waals surface area contributed by atoms with Crippen molar-refractivity contribution in [3.63, 3.8) is 0 Å². The van der Waals surface area contributed by atoms with Gasteiger partial charge >= 0.3 is 0 Å². The number of rotatable bonds is 6. The zero-order valence-electron chi connectivity index (χ0n) is 10.4. The van der Waals surface area contributed by atoms with Crippen molar-refractivity contribution in [1.29, 1.82) is 0 Å². The Morgan fingerprint density at radius 2 is 1.94 bits per heavy atom. The van der Waals surface area contributed by atoms with Gasteiger partial charge in [-0.15, -0.1) is 0 Å². The fourth-order valence-electron chi connectivity index (χ4n) is 0.865. The predicted octanol–water partition coefficient (Wildman–Crippen LogP) is 1.26. The van der Waals surface area contributed by atoms with Crippen molar-refractivity contribution in [2.75, 3.05) is 12.3 Å². The van der Waals surface area contributed by atoms with E-state index in [9.17, 15) is 8.42 Å². The lowest BCUT2D eigenvalue weighted by Crippen LogP contribution is -2.35. The van der Waals surface area contributed by atoms with E-state index in [2.05, 4.69) is 4.72 Å². The summed E-state index contributed by atoms with van der Waals surface area (Å²) in [6, 6.07) is 0. The van der Waals surface area contributed by atoms with Gasteiger partial charge < -0.3 is 5.73 Å². The van der Waals surface area contributed by atoms with E-state index in [-0.39, 0.29) is 23.6 Å². The molecule has 96 valence electrons. The van der Waals surface area contributed by atoms with Crippen LogP contribution in [-0.4, -0.2) is 25.7 Å². The van der Waals surface area contributed by atoms with Gasteiger partial charge in [-0.1, -0.05) is 39.9 Å². The van der Waals surface area contributed by atoms with Crippen molar-refractivity contribution in [3.05, 3.63) is 0 Å². The van der Waals surface area contributed by atoms with Crippen LogP contribution in [0.25, 0.3) is 0 Å². The standard InChI is InChI=1S/C10H22N2O2S2/c1-8(9(11)15)7-12-16(13,14)6-5-10(2,3)4/h8,12H,5-7H2,1-4H3,(H2,11,15). The van der Waals surface area contributed by atoms with Gasteiger partial charge in [0.15, 0.2) is 0 Å². The lowest BCUT2D eigenvalue weighted by atomic mass is 9.94. The Hall–Kier alpha value is -0.200. The summed E-state index contributed by atoms with van der Waals surface area (Å²) in [6.07, 6.45) is 0.629. The second kappa shape index (κ2) is 5.93. The molecule has 6 heteroatoms. The zero-order valence-corrected chi connectivity index (χ0v) is 12.0. The van der Waals surface area contributed by atoms with Crippen molar-refractivity contribution >= 4 is 27.2 Å². The van der Waals surface area contributed by atoms with Gasteiger partial charge in [-0.25, -0.2) is 13.1 Å². The summed E-state index contributed by atoms with van der Waals surface area (Å²) in [7, 11) is -3.21. The Labute approximate surface area is 104 Å². The SMILES string of the molecule is CC(CNS(=O)(=O)CCC(C)(C)C)C(N)=S. The third-order valence-corrected chi connectivity index (χ3v) is 3.97. The molecular weight excluding hydrogens is 244 g/mol. The van der Waals surface area contributed by atoms with Crippen LogP contribution in [0, 0.1) is 11.3 Å². The molecule has 0 heterocycles. The van der Waals surface area contributed by atoms with E-state index in [0.717, 1.165) is 0 Å². The first-order valence-electron chi connectivity index (χ1n) is 5.30. The average Bonchev–Trinajstić information content (AvgIpc) is 2.10. The molecule has 4 nitrogen and oxygen atoms in total. The van der Waals surface area contributed by atoms with Gasteiger partial charge in [0.25, 0.3) is 0 Å². The van der Waals surface area contributed by atoms with Gasteiger partial charge in [-0.2, -0.15) is 0 Å². The van der Waals surface area contributed by atoms with Crippen molar-refractivity contribution in [2.24, 2.45) is 17.1 Å². The summed E-state index contributed by atoms with van der Waals surface area (Å²) in [5, 5.41) is 0. The van der Waals surface area contributed by atoms with Crippen LogP contribution in [-0.2, 0) is 10.0 Å². The highest BCUT2D eigenvalue weighted by atomic mass is 32.2. The van der Waals surface area contributed by atoms with Crippen LogP contribution in [0.3, 0.4) is 0 Å². The molecule has 0 spiro atoms. The maximum atomic E-state index is 11.6. The highest BCUT2D eigenvalue weighted by molar-refractivity contribution is 7.89. The quantitative estimate of drug-likeness (QED) is 0.710. The molecule has 0 rings (SSSR count). The van der Waals surface area contributed by atoms with Crippen LogP contribution in [0.5, 0.6) is 0 Å². The second-order valence-electron chi connectivity index (χ2n) is 5.28. The molecule has 0 aliphatic rings. The Morgan fingerprint density at radius 1 is 1.44 bits per heavy atom. The Kier molecular flexibility index (Phi) is 5.86. The van der Waals surface area contributed by atoms with Crippen molar-refractivity contribution < 1.29 is 8.42 Å². The van der Waals surface area contributed by atoms with Crippen LogP contribution < -0.4 is 10.5 Å². The number of hydrogen-bond acceptors (Lipinski definition) is 3. The lowest BCUT2D eigenvalue weighted by molar-refractivity contribution is 0.396. The van der Waals surface area contributed by atoms with Crippen LogP contribution in [0.1, 0.15) is 34.1 Å². The fraction of sp³-hybridized carbons (Fsp3) is 0.900. The van der Waals surface area contributed by atoms with Gasteiger partial charge in [0.2, 0.25) is 10.0 Å². The van der Waals surface area contributed by atoms with Crippen LogP contribution in [0.15, 0.2) is 0 Å². The van der Waals surface area contributed by atoms with E-state index in [1.165, 1.54) is 0 Å². The first kappa shape index (κ1) is 15.8. The van der Waals surface area contributed by atoms with E-state index in [1.54, 1.807) is 6.92 Å². The minimum absolute atomic E-state index is 0.0174. The van der Waals surface area contributed by atoms with Crippen molar-refractivity contribution in [3.8, 4) is 0 Å². The number of hydrogen-bond donors (Lipinski definition) is 2. The molecule has 0 aromatic carbocycles. The molecule has 0 aliphatic carbocycles. The molecule has 0 bridgehead atoms. The summed E-state index contributed by atoms with van der Waals surface area (Å²) in [5.74, 6) is 0.0278. The fourth-order valence-corrected chi connectivity index (χ4v) is 2.48. The third-order valence-electron chi connectivity index (χ3n) is 2.22. The molecule has 0 amide bonds. The minimum atomic E-state index is -3.21. The summed E-state index contributed by atoms with van der Waals surface area (Å²) >= 11 is 4.77. The Bertz CT molecular complexity index is 331. The largest absolute Gasteiger partial charge is 0.393 e. The summed E-state index contributed by atoms with van der Waals surface area (Å²) in [6.45, 7) is 8.12. The van der Waals surface area contributed by atoms with Gasteiger partial charge in [-0.05, 0) is 11.8 Å². The molecule has 0 saturated heterocycles. The molecule has 0 aromatic rings. The first-order valence-corrected chi connectivity index (χ1v) is 7.36. The molecule has 16 heavy (non-hydrogen) atoms. The zero-order chi connectivity index (χ0) is 13.0. The molecule has 0 aliphatic heterocycles. The maximum Gasteiger partial charge on any atom is 0.211 e. The summed E-state index contributed by atoms with van der Waals surface area (Å²) in [5.41, 5.74) is 5.42. The van der Waals surface area contributed by atoms with Gasteiger partial charge in [0, 0.05) is 12.5 Å². The minimum Gasteiger partial charge on any atom is -0.393 e. The highest BCUT2D eigenvalue weighted by Gasteiger charge is 2.18. The van der Waals surface area contributed by atoms with Crippen molar-refractivity contribution in [2.45, 2.75) is 34.1 Å². The van der Waals surface area contributed by atoms with Crippen LogP contribution >= 0.6 is 12.2 Å². The maximum absolute atomic E-state index is 11.6. The number of nitrogens with one attached hydrogen (secondary N) is 1. The van der Waals surface area contributed by atoms with E-state index >= 15 is 0 Å². The topological polar surface area (TPSA) is 72.2 Å². The smallest absolute Gasteiger partial charge is 0.211 e. The summed E-state index contributed by atoms with van der Waals surface area (Å²) in [4.78, 5) is 0.332. The van der Waals surface area contributed by atoms with Crippen LogP contribution in [0.4, 0.5) is 0 Å². The molecule has 1 unspecified atom stereocenters. The molecule has 3 N–H and O–H groups in total. The van der Waals surface area contributed by atoms with Crippen LogP contribution in [0.2, 0.25) is 0 Å². The molecule has 0 fully saturated rings. The second-order valence-corrected chi connectivity index (χ2v) is 7.68. The number of thiocarbonyl (C=S) groups is 1. The van der Waals surface area contributed by atoms with Gasteiger partial charge in [0.1, 0.15) is 0 Å². The molecular formula is C10H22N2O2S2. The number of nitrogens with two attached hydrogens (primary N) is 1. The Balaban J connectivity index is 4.12. The monoisotopic (exact) mass is 266 g/mol. The van der Waals surface area contributed by atoms with E-state index in [4.69, 9.17) is 18.0 Å². The van der Waals surface area contributed by atoms with E-state index in [1.807, 2.05) is 20.8 Å². The summed E-state index contributed by atoms with van der Waals surface area (Å²) < 4.78 is 25.7. The lowest BCUT2D eigenvalue weighted by Gasteiger charge is -2.18. The van der Waals surface area contributed by atoms with Crippen molar-refractivity contribution in [1.82, 2.24) is 4.72 Å². The predicted molar refractivity (Wildman–Crippen MR) is 71.8 cm³/mol. The molecule has 0 radical (unpaired) electrons. The van der Waals surface area contributed by atoms with E-state index in [0.29, 0.717) is 11.4 Å². The molecule has 0 saturated carbocycles. The van der Waals surface area contributed by atoms with E-state index < -0.39 is 10.0 Å². The molecule has 1 atom stereocenters. The first-order chi connectivity index (χ1) is 7.03. The normalized spacial score (nSPS) is 14.8. The average molecular weight is 266 g/mol. The third kappa shape index (κ3) is 8.01. The Morgan fingerprint density at radius 3 is 2.31 bits per heavy atom.